The first-order valence-electron chi connectivity index (χ1n) is 8.16. The van der Waals surface area contributed by atoms with Crippen LogP contribution in [0.5, 0.6) is 0 Å². The number of esters is 1. The highest BCUT2D eigenvalue weighted by Gasteiger charge is 2.62. The Hall–Kier alpha value is -2.29. The number of halogens is 3. The maximum absolute atomic E-state index is 13.2. The standard InChI is InChI=1S/C17H23F3N2O4/c1-4-6-11-21-15(24)22(5-2)13-9-7-12(8-10-13)16(25,14(23)26-3)17(18,19)20/h7-10,25H,4-6,11H2,1-3H3,(H,21,24)/t16-/m1/s1. The molecule has 0 fully saturated rings. The molecule has 0 unspecified atom stereocenters. The number of alkyl halides is 3. The Morgan fingerprint density at radius 3 is 2.19 bits per heavy atom. The van der Waals surface area contributed by atoms with Crippen molar-refractivity contribution in [3.8, 4) is 0 Å². The number of hydrogen-bond donors (Lipinski definition) is 2. The zero-order valence-corrected chi connectivity index (χ0v) is 14.9. The van der Waals surface area contributed by atoms with Gasteiger partial charge < -0.3 is 15.2 Å². The second-order valence-electron chi connectivity index (χ2n) is 5.58. The molecule has 2 N–H and O–H groups in total. The van der Waals surface area contributed by atoms with E-state index in [2.05, 4.69) is 10.1 Å². The molecular weight excluding hydrogens is 353 g/mol. The van der Waals surface area contributed by atoms with E-state index in [4.69, 9.17) is 0 Å². The van der Waals surface area contributed by atoms with Gasteiger partial charge in [0.2, 0.25) is 0 Å². The summed E-state index contributed by atoms with van der Waals surface area (Å²) >= 11 is 0. The molecule has 6 nitrogen and oxygen atoms in total. The molecule has 1 atom stereocenters. The molecule has 0 radical (unpaired) electrons. The maximum Gasteiger partial charge on any atom is 0.432 e. The molecular formula is C17H23F3N2O4. The number of nitrogens with zero attached hydrogens (tertiary/aromatic N) is 1. The molecule has 146 valence electrons. The molecule has 1 aromatic rings. The van der Waals surface area contributed by atoms with Crippen LogP contribution in [0.1, 0.15) is 32.3 Å². The first kappa shape index (κ1) is 21.8. The van der Waals surface area contributed by atoms with E-state index in [9.17, 15) is 27.9 Å². The molecule has 0 saturated heterocycles. The lowest BCUT2D eigenvalue weighted by Crippen LogP contribution is -2.49. The molecule has 0 bridgehead atoms. The maximum atomic E-state index is 13.2. The summed E-state index contributed by atoms with van der Waals surface area (Å²) in [6, 6.07) is 3.98. The lowest BCUT2D eigenvalue weighted by atomic mass is 9.93. The van der Waals surface area contributed by atoms with Crippen LogP contribution < -0.4 is 10.2 Å². The molecule has 0 aliphatic heterocycles. The fourth-order valence-corrected chi connectivity index (χ4v) is 2.34. The lowest BCUT2D eigenvalue weighted by molar-refractivity contribution is -0.266. The zero-order chi connectivity index (χ0) is 20.0. The van der Waals surface area contributed by atoms with Crippen molar-refractivity contribution in [1.29, 1.82) is 0 Å². The fourth-order valence-electron chi connectivity index (χ4n) is 2.34. The molecule has 0 aromatic heterocycles. The second kappa shape index (κ2) is 8.88. The number of urea groups is 1. The topological polar surface area (TPSA) is 78.9 Å². The van der Waals surface area contributed by atoms with Crippen LogP contribution in [0.15, 0.2) is 24.3 Å². The van der Waals surface area contributed by atoms with Crippen molar-refractivity contribution in [3.05, 3.63) is 29.8 Å². The summed E-state index contributed by atoms with van der Waals surface area (Å²) in [5.74, 6) is -1.83. The van der Waals surface area contributed by atoms with Gasteiger partial charge in [0.1, 0.15) is 0 Å². The third-order valence-corrected chi connectivity index (χ3v) is 3.86. The highest BCUT2D eigenvalue weighted by atomic mass is 19.4. The molecule has 0 aliphatic rings. The third-order valence-electron chi connectivity index (χ3n) is 3.86. The van der Waals surface area contributed by atoms with Gasteiger partial charge in [0.25, 0.3) is 5.60 Å². The summed E-state index contributed by atoms with van der Waals surface area (Å²) in [6.07, 6.45) is -3.55. The van der Waals surface area contributed by atoms with Crippen LogP contribution in [0, 0.1) is 0 Å². The average Bonchev–Trinajstić information content (AvgIpc) is 2.60. The van der Waals surface area contributed by atoms with Crippen LogP contribution >= 0.6 is 0 Å². The number of aliphatic hydroxyl groups is 1. The summed E-state index contributed by atoms with van der Waals surface area (Å²) < 4.78 is 43.8. The molecule has 0 spiro atoms. The second-order valence-corrected chi connectivity index (χ2v) is 5.58. The van der Waals surface area contributed by atoms with Gasteiger partial charge in [-0.1, -0.05) is 25.5 Å². The fraction of sp³-hybridized carbons (Fsp3) is 0.529. The van der Waals surface area contributed by atoms with Crippen molar-refractivity contribution in [3.63, 3.8) is 0 Å². The number of amides is 2. The van der Waals surface area contributed by atoms with Crippen molar-refractivity contribution in [2.75, 3.05) is 25.1 Å². The largest absolute Gasteiger partial charge is 0.466 e. The normalized spacial score (nSPS) is 13.7. The highest BCUT2D eigenvalue weighted by Crippen LogP contribution is 2.40. The Kier molecular flexibility index (Phi) is 7.43. The molecule has 9 heteroatoms. The summed E-state index contributed by atoms with van der Waals surface area (Å²) in [6.45, 7) is 4.47. The van der Waals surface area contributed by atoms with Crippen LogP contribution in [-0.2, 0) is 15.1 Å². The Morgan fingerprint density at radius 2 is 1.77 bits per heavy atom. The number of anilines is 1. The number of carbonyl (C=O) groups excluding carboxylic acids is 2. The quantitative estimate of drug-likeness (QED) is 0.567. The summed E-state index contributed by atoms with van der Waals surface area (Å²) in [5.41, 5.74) is -4.14. The van der Waals surface area contributed by atoms with Gasteiger partial charge in [-0.05, 0) is 25.5 Å². The Balaban J connectivity index is 3.12. The monoisotopic (exact) mass is 376 g/mol. The van der Waals surface area contributed by atoms with Crippen LogP contribution in [0.4, 0.5) is 23.7 Å². The van der Waals surface area contributed by atoms with E-state index in [0.717, 1.165) is 32.1 Å². The minimum absolute atomic E-state index is 0.290. The van der Waals surface area contributed by atoms with Crippen molar-refractivity contribution in [2.45, 2.75) is 38.5 Å². The summed E-state index contributed by atoms with van der Waals surface area (Å²) in [4.78, 5) is 25.0. The Labute approximate surface area is 149 Å². The van der Waals surface area contributed by atoms with Gasteiger partial charge in [0, 0.05) is 24.3 Å². The minimum atomic E-state index is -5.26. The highest BCUT2D eigenvalue weighted by molar-refractivity contribution is 5.92. The zero-order valence-electron chi connectivity index (χ0n) is 14.9. The molecule has 1 rings (SSSR count). The van der Waals surface area contributed by atoms with Crippen molar-refractivity contribution in [2.24, 2.45) is 0 Å². The average molecular weight is 376 g/mol. The Bertz CT molecular complexity index is 619. The van der Waals surface area contributed by atoms with E-state index in [1.807, 2.05) is 6.92 Å². The van der Waals surface area contributed by atoms with Gasteiger partial charge in [-0.25, -0.2) is 9.59 Å². The SMILES string of the molecule is CCCCNC(=O)N(CC)c1ccc([C@@](O)(C(=O)OC)C(F)(F)F)cc1. The smallest absolute Gasteiger partial charge is 0.432 e. The number of unbranched alkanes of at least 4 members (excludes halogenated alkanes) is 1. The Morgan fingerprint density at radius 1 is 1.19 bits per heavy atom. The molecule has 0 heterocycles. The first-order chi connectivity index (χ1) is 12.1. The predicted molar refractivity (Wildman–Crippen MR) is 89.7 cm³/mol. The van der Waals surface area contributed by atoms with Gasteiger partial charge in [0.15, 0.2) is 0 Å². The van der Waals surface area contributed by atoms with E-state index in [-0.39, 0.29) is 12.6 Å². The third kappa shape index (κ3) is 4.46. The van der Waals surface area contributed by atoms with Gasteiger partial charge in [-0.15, -0.1) is 0 Å². The number of nitrogens with one attached hydrogen (secondary N) is 1. The van der Waals surface area contributed by atoms with E-state index >= 15 is 0 Å². The van der Waals surface area contributed by atoms with Crippen molar-refractivity contribution < 1.29 is 32.6 Å². The molecule has 26 heavy (non-hydrogen) atoms. The molecule has 0 aliphatic carbocycles. The predicted octanol–water partition coefficient (Wildman–Crippen LogP) is 2.95. The number of methoxy groups -OCH3 is 1. The van der Waals surface area contributed by atoms with Gasteiger partial charge in [-0.2, -0.15) is 13.2 Å². The number of ether oxygens (including phenoxy) is 1. The van der Waals surface area contributed by atoms with E-state index in [0.29, 0.717) is 12.2 Å². The molecule has 2 amide bonds. The summed E-state index contributed by atoms with van der Waals surface area (Å²) in [7, 11) is 0.757. The van der Waals surface area contributed by atoms with E-state index in [1.165, 1.54) is 17.0 Å². The van der Waals surface area contributed by atoms with Gasteiger partial charge in [0.05, 0.1) is 7.11 Å². The van der Waals surface area contributed by atoms with Crippen LogP contribution in [0.2, 0.25) is 0 Å². The number of benzene rings is 1. The van der Waals surface area contributed by atoms with E-state index in [1.54, 1.807) is 6.92 Å². The molecule has 1 aromatic carbocycles. The lowest BCUT2D eigenvalue weighted by Gasteiger charge is -2.28. The van der Waals surface area contributed by atoms with Gasteiger partial charge >= 0.3 is 18.2 Å². The van der Waals surface area contributed by atoms with Crippen LogP contribution in [0.3, 0.4) is 0 Å². The number of carbonyl (C=O) groups is 2. The van der Waals surface area contributed by atoms with Crippen LogP contribution in [0.25, 0.3) is 0 Å². The van der Waals surface area contributed by atoms with Crippen molar-refractivity contribution >= 4 is 17.7 Å². The van der Waals surface area contributed by atoms with Gasteiger partial charge in [-0.3, -0.25) is 4.90 Å². The summed E-state index contributed by atoms with van der Waals surface area (Å²) in [5, 5.41) is 12.6. The van der Waals surface area contributed by atoms with Crippen molar-refractivity contribution in [1.82, 2.24) is 5.32 Å². The minimum Gasteiger partial charge on any atom is -0.466 e. The van der Waals surface area contributed by atoms with Crippen LogP contribution in [-0.4, -0.2) is 43.5 Å². The number of rotatable bonds is 7. The van der Waals surface area contributed by atoms with E-state index < -0.39 is 23.3 Å². The first-order valence-corrected chi connectivity index (χ1v) is 8.16. The number of hydrogen-bond acceptors (Lipinski definition) is 4. The molecule has 0 saturated carbocycles.